The molecule has 0 aliphatic carbocycles. The predicted octanol–water partition coefficient (Wildman–Crippen LogP) is 3.53. The van der Waals surface area contributed by atoms with E-state index in [1.807, 2.05) is 17.6 Å². The molecule has 0 aliphatic heterocycles. The lowest BCUT2D eigenvalue weighted by Crippen LogP contribution is -2.14. The predicted molar refractivity (Wildman–Crippen MR) is 123 cm³/mol. The minimum absolute atomic E-state index is 0.0727. The van der Waals surface area contributed by atoms with Gasteiger partial charge in [0.15, 0.2) is 10.3 Å². The Hall–Kier alpha value is -2.92. The summed E-state index contributed by atoms with van der Waals surface area (Å²) in [7, 11) is 0. The van der Waals surface area contributed by atoms with Crippen LogP contribution in [0.5, 0.6) is 0 Å². The number of hydrogen-bond donors (Lipinski definition) is 1. The highest BCUT2D eigenvalue weighted by Crippen LogP contribution is 2.26. The third kappa shape index (κ3) is 5.86. The number of aryl methyl sites for hydroxylation is 1. The number of carbonyl (C=O) groups excluding carboxylic acids is 3. The third-order valence-corrected chi connectivity index (χ3v) is 6.08. The van der Waals surface area contributed by atoms with Gasteiger partial charge in [-0.15, -0.1) is 11.3 Å². The number of carbonyl (C=O) groups is 3. The fourth-order valence-electron chi connectivity index (χ4n) is 2.96. The molecule has 32 heavy (non-hydrogen) atoms. The fourth-order valence-corrected chi connectivity index (χ4v) is 4.56. The van der Waals surface area contributed by atoms with E-state index in [0.717, 1.165) is 5.52 Å². The highest BCUT2D eigenvalue weighted by molar-refractivity contribution is 7.99. The number of anilines is 1. The van der Waals surface area contributed by atoms with E-state index in [9.17, 15) is 14.4 Å². The molecule has 0 atom stereocenters. The minimum atomic E-state index is -0.389. The Morgan fingerprint density at radius 3 is 2.62 bits per heavy atom. The van der Waals surface area contributed by atoms with Gasteiger partial charge in [0.05, 0.1) is 47.7 Å². The summed E-state index contributed by atoms with van der Waals surface area (Å²) >= 11 is 2.55. The van der Waals surface area contributed by atoms with Gasteiger partial charge in [-0.05, 0) is 39.0 Å². The van der Waals surface area contributed by atoms with E-state index >= 15 is 0 Å². The van der Waals surface area contributed by atoms with E-state index in [0.29, 0.717) is 46.8 Å². The van der Waals surface area contributed by atoms with E-state index in [4.69, 9.17) is 9.47 Å². The van der Waals surface area contributed by atoms with Gasteiger partial charge in [-0.25, -0.2) is 14.8 Å². The summed E-state index contributed by atoms with van der Waals surface area (Å²) in [6.07, 6.45) is 0.0727. The van der Waals surface area contributed by atoms with Crippen LogP contribution >= 0.6 is 23.1 Å². The van der Waals surface area contributed by atoms with Gasteiger partial charge in [0.2, 0.25) is 5.91 Å². The molecule has 170 valence electrons. The number of nitrogens with one attached hydrogen (secondary N) is 1. The molecule has 2 heterocycles. The molecule has 0 saturated heterocycles. The molecule has 0 aliphatic rings. The number of nitrogens with zero attached hydrogens (tertiary/aromatic N) is 3. The zero-order valence-electron chi connectivity index (χ0n) is 18.0. The van der Waals surface area contributed by atoms with Gasteiger partial charge in [-0.3, -0.25) is 9.59 Å². The number of ether oxygens (including phenoxy) is 2. The van der Waals surface area contributed by atoms with Gasteiger partial charge in [0, 0.05) is 11.9 Å². The normalized spacial score (nSPS) is 10.8. The second kappa shape index (κ2) is 11.1. The summed E-state index contributed by atoms with van der Waals surface area (Å²) in [5.41, 5.74) is 2.55. The zero-order chi connectivity index (χ0) is 23.1. The van der Waals surface area contributed by atoms with Crippen molar-refractivity contribution in [1.29, 1.82) is 0 Å². The van der Waals surface area contributed by atoms with Crippen LogP contribution in [-0.2, 0) is 32.0 Å². The maximum absolute atomic E-state index is 12.4. The summed E-state index contributed by atoms with van der Waals surface area (Å²) in [5.74, 6) is -0.828. The monoisotopic (exact) mass is 476 g/mol. The molecule has 0 unspecified atom stereocenters. The molecule has 1 N–H and O–H groups in total. The molecule has 1 aromatic carbocycles. The maximum Gasteiger partial charge on any atom is 0.338 e. The molecule has 0 fully saturated rings. The fraction of sp³-hybridized carbons (Fsp3) is 0.381. The lowest BCUT2D eigenvalue weighted by atomic mass is 10.2. The molecule has 3 rings (SSSR count). The Morgan fingerprint density at radius 2 is 1.91 bits per heavy atom. The van der Waals surface area contributed by atoms with E-state index in [-0.39, 0.29) is 30.0 Å². The smallest absolute Gasteiger partial charge is 0.338 e. The van der Waals surface area contributed by atoms with Crippen LogP contribution in [0.15, 0.2) is 28.7 Å². The van der Waals surface area contributed by atoms with Crippen LogP contribution in [-0.4, -0.2) is 51.3 Å². The minimum Gasteiger partial charge on any atom is -0.466 e. The third-order valence-electron chi connectivity index (χ3n) is 4.30. The zero-order valence-corrected chi connectivity index (χ0v) is 19.7. The molecular formula is C21H24N4O5S2. The van der Waals surface area contributed by atoms with Crippen molar-refractivity contribution in [3.05, 3.63) is 34.8 Å². The summed E-state index contributed by atoms with van der Waals surface area (Å²) in [4.78, 5) is 44.8. The highest BCUT2D eigenvalue weighted by atomic mass is 32.2. The lowest BCUT2D eigenvalue weighted by molar-refractivity contribution is -0.142. The van der Waals surface area contributed by atoms with E-state index in [1.54, 1.807) is 31.4 Å². The summed E-state index contributed by atoms with van der Waals surface area (Å²) in [5, 5.41) is 5.57. The molecular weight excluding hydrogens is 452 g/mol. The standard InChI is InChI=1S/C21H24N4O5S2/c1-4-25-16-8-7-13(19(28)30-6-3)9-15(16)23-21(25)32-12-17(26)24-20-22-14(11-31-20)10-18(27)29-5-2/h7-9,11H,4-6,10,12H2,1-3H3,(H,22,24,26). The first-order valence-electron chi connectivity index (χ1n) is 10.1. The van der Waals surface area contributed by atoms with Gasteiger partial charge in [-0.2, -0.15) is 0 Å². The topological polar surface area (TPSA) is 112 Å². The van der Waals surface area contributed by atoms with Gasteiger partial charge in [0.25, 0.3) is 0 Å². The van der Waals surface area contributed by atoms with Crippen LogP contribution in [0.2, 0.25) is 0 Å². The molecule has 1 amide bonds. The highest BCUT2D eigenvalue weighted by Gasteiger charge is 2.16. The Kier molecular flexibility index (Phi) is 8.23. The number of imidazole rings is 1. The van der Waals surface area contributed by atoms with Crippen molar-refractivity contribution in [2.24, 2.45) is 0 Å². The molecule has 3 aromatic rings. The van der Waals surface area contributed by atoms with Crippen molar-refractivity contribution < 1.29 is 23.9 Å². The molecule has 0 radical (unpaired) electrons. The molecule has 0 spiro atoms. The average molecular weight is 477 g/mol. The van der Waals surface area contributed by atoms with E-state index in [1.165, 1.54) is 23.1 Å². The molecule has 0 saturated carbocycles. The number of thiazole rings is 1. The van der Waals surface area contributed by atoms with Crippen LogP contribution in [0.4, 0.5) is 5.13 Å². The first kappa shape index (κ1) is 23.7. The van der Waals surface area contributed by atoms with Crippen molar-refractivity contribution in [2.45, 2.75) is 38.9 Å². The second-order valence-electron chi connectivity index (χ2n) is 6.53. The van der Waals surface area contributed by atoms with Crippen molar-refractivity contribution in [3.8, 4) is 0 Å². The number of thioether (sulfide) groups is 1. The quantitative estimate of drug-likeness (QED) is 0.349. The Labute approximate surface area is 193 Å². The Balaban J connectivity index is 1.64. The number of esters is 2. The summed E-state index contributed by atoms with van der Waals surface area (Å²) < 4.78 is 11.9. The number of fused-ring (bicyclic) bond motifs is 1. The number of benzene rings is 1. The van der Waals surface area contributed by atoms with Crippen molar-refractivity contribution >= 4 is 57.1 Å². The average Bonchev–Trinajstić information content (AvgIpc) is 3.35. The number of rotatable bonds is 10. The second-order valence-corrected chi connectivity index (χ2v) is 8.33. The van der Waals surface area contributed by atoms with Crippen LogP contribution in [0.1, 0.15) is 36.8 Å². The number of amides is 1. The van der Waals surface area contributed by atoms with Gasteiger partial charge in [-0.1, -0.05) is 11.8 Å². The maximum atomic E-state index is 12.4. The SMILES string of the molecule is CCOC(=O)Cc1csc(NC(=O)CSc2nc3cc(C(=O)OCC)ccc3n2CC)n1. The van der Waals surface area contributed by atoms with Crippen molar-refractivity contribution in [1.82, 2.24) is 14.5 Å². The molecule has 0 bridgehead atoms. The molecule has 2 aromatic heterocycles. The Morgan fingerprint density at radius 1 is 1.12 bits per heavy atom. The van der Waals surface area contributed by atoms with Crippen LogP contribution in [0.3, 0.4) is 0 Å². The summed E-state index contributed by atoms with van der Waals surface area (Å²) in [6, 6.07) is 5.25. The van der Waals surface area contributed by atoms with Crippen LogP contribution in [0.25, 0.3) is 11.0 Å². The van der Waals surface area contributed by atoms with Gasteiger partial charge in [0.1, 0.15) is 0 Å². The van der Waals surface area contributed by atoms with Crippen LogP contribution in [0, 0.1) is 0 Å². The van der Waals surface area contributed by atoms with Crippen molar-refractivity contribution in [3.63, 3.8) is 0 Å². The van der Waals surface area contributed by atoms with Crippen LogP contribution < -0.4 is 5.32 Å². The Bertz CT molecular complexity index is 1120. The number of hydrogen-bond acceptors (Lipinski definition) is 9. The first-order chi connectivity index (χ1) is 15.4. The summed E-state index contributed by atoms with van der Waals surface area (Å²) in [6.45, 7) is 6.79. The molecule has 11 heteroatoms. The van der Waals surface area contributed by atoms with Crippen molar-refractivity contribution in [2.75, 3.05) is 24.3 Å². The van der Waals surface area contributed by atoms with E-state index in [2.05, 4.69) is 15.3 Å². The largest absolute Gasteiger partial charge is 0.466 e. The lowest BCUT2D eigenvalue weighted by Gasteiger charge is -2.06. The van der Waals surface area contributed by atoms with E-state index < -0.39 is 0 Å². The van der Waals surface area contributed by atoms with Gasteiger partial charge >= 0.3 is 11.9 Å². The van der Waals surface area contributed by atoms with Gasteiger partial charge < -0.3 is 19.4 Å². The first-order valence-corrected chi connectivity index (χ1v) is 12.0. The molecule has 9 nitrogen and oxygen atoms in total. The number of aromatic nitrogens is 3.